The minimum Gasteiger partial charge on any atom is -0.485 e. The summed E-state index contributed by atoms with van der Waals surface area (Å²) in [4.78, 5) is 11.8. The molecule has 0 spiro atoms. The summed E-state index contributed by atoms with van der Waals surface area (Å²) >= 11 is 0. The summed E-state index contributed by atoms with van der Waals surface area (Å²) in [6, 6.07) is 7.62. The molecule has 1 fully saturated rings. The highest BCUT2D eigenvalue weighted by molar-refractivity contribution is 6.04. The van der Waals surface area contributed by atoms with Gasteiger partial charge in [-0.1, -0.05) is 12.1 Å². The van der Waals surface area contributed by atoms with E-state index in [1.165, 1.54) is 0 Å². The van der Waals surface area contributed by atoms with E-state index in [1.54, 1.807) is 0 Å². The maximum Gasteiger partial charge on any atom is 0.164 e. The van der Waals surface area contributed by atoms with E-state index in [1.807, 2.05) is 24.3 Å². The van der Waals surface area contributed by atoms with Crippen molar-refractivity contribution in [1.82, 2.24) is 0 Å². The topological polar surface area (TPSA) is 52.3 Å². The Bertz CT molecular complexity index is 490. The van der Waals surface area contributed by atoms with Gasteiger partial charge in [0, 0.05) is 12.0 Å². The Balaban J connectivity index is 2.18. The van der Waals surface area contributed by atoms with Crippen LogP contribution in [0.25, 0.3) is 5.70 Å². The lowest BCUT2D eigenvalue weighted by Crippen LogP contribution is -2.34. The zero-order valence-electron chi connectivity index (χ0n) is 8.90. The van der Waals surface area contributed by atoms with Crippen molar-refractivity contribution in [3.8, 4) is 5.75 Å². The van der Waals surface area contributed by atoms with Gasteiger partial charge in [0.15, 0.2) is 5.78 Å². The number of benzene rings is 1. The zero-order valence-corrected chi connectivity index (χ0v) is 8.90. The maximum absolute atomic E-state index is 11.8. The number of para-hydroxylation sites is 1. The predicted molar refractivity (Wildman–Crippen MR) is 60.8 cm³/mol. The van der Waals surface area contributed by atoms with Crippen molar-refractivity contribution in [3.63, 3.8) is 0 Å². The second-order valence-electron chi connectivity index (χ2n) is 4.25. The third-order valence-corrected chi connectivity index (χ3v) is 3.23. The first-order chi connectivity index (χ1) is 7.77. The van der Waals surface area contributed by atoms with Gasteiger partial charge in [0.05, 0.1) is 11.3 Å². The molecule has 0 amide bonds. The number of nitrogens with two attached hydrogens (primary N) is 1. The van der Waals surface area contributed by atoms with Crippen LogP contribution >= 0.6 is 0 Å². The Kier molecular flexibility index (Phi) is 1.99. The first-order valence-corrected chi connectivity index (χ1v) is 5.56. The Morgan fingerprint density at radius 1 is 1.31 bits per heavy atom. The minimum absolute atomic E-state index is 0.129. The highest BCUT2D eigenvalue weighted by Crippen LogP contribution is 2.37. The third kappa shape index (κ3) is 1.24. The molecule has 16 heavy (non-hydrogen) atoms. The third-order valence-electron chi connectivity index (χ3n) is 3.23. The quantitative estimate of drug-likeness (QED) is 0.718. The van der Waals surface area contributed by atoms with E-state index >= 15 is 0 Å². The van der Waals surface area contributed by atoms with Crippen LogP contribution in [0.3, 0.4) is 0 Å². The number of carbonyl (C=O) groups is 1. The number of ketones is 1. The second-order valence-corrected chi connectivity index (χ2v) is 4.25. The number of hydrogen-bond donors (Lipinski definition) is 1. The Labute approximate surface area is 93.9 Å². The smallest absolute Gasteiger partial charge is 0.164 e. The molecule has 1 heterocycles. The molecule has 1 atom stereocenters. The van der Waals surface area contributed by atoms with Crippen LogP contribution in [0.1, 0.15) is 24.8 Å². The summed E-state index contributed by atoms with van der Waals surface area (Å²) in [7, 11) is 0. The molecule has 1 aliphatic heterocycles. The van der Waals surface area contributed by atoms with Crippen LogP contribution < -0.4 is 10.5 Å². The summed E-state index contributed by atoms with van der Waals surface area (Å²) in [5.74, 6) is 0.937. The van der Waals surface area contributed by atoms with Gasteiger partial charge in [-0.15, -0.1) is 0 Å². The van der Waals surface area contributed by atoms with Crippen molar-refractivity contribution >= 4 is 11.5 Å². The molecule has 1 aliphatic carbocycles. The zero-order chi connectivity index (χ0) is 11.1. The standard InChI is InChI=1S/C13H13NO2/c14-13-8-4-1-2-6-10(8)16-11-7-3-5-9(15)12(11)13/h1-2,4,6,11H,3,5,7,14H2. The number of rotatable bonds is 0. The fraction of sp³-hybridized carbons (Fsp3) is 0.308. The lowest BCUT2D eigenvalue weighted by Gasteiger charge is -2.31. The largest absolute Gasteiger partial charge is 0.485 e. The Hall–Kier alpha value is -1.77. The molecule has 2 N–H and O–H groups in total. The predicted octanol–water partition coefficient (Wildman–Crippen LogP) is 1.87. The molecule has 3 rings (SSSR count). The molecular formula is C13H13NO2. The van der Waals surface area contributed by atoms with Gasteiger partial charge >= 0.3 is 0 Å². The monoisotopic (exact) mass is 215 g/mol. The molecule has 0 aromatic heterocycles. The summed E-state index contributed by atoms with van der Waals surface area (Å²) in [5, 5.41) is 0. The van der Waals surface area contributed by atoms with Gasteiger partial charge in [-0.3, -0.25) is 4.79 Å². The molecule has 1 unspecified atom stereocenters. The van der Waals surface area contributed by atoms with Crippen LogP contribution in [0.4, 0.5) is 0 Å². The number of Topliss-reactive ketones (excluding diaryl/α,β-unsaturated/α-hetero) is 1. The SMILES string of the molecule is NC1=C2C(=O)CCCC2Oc2ccccc21. The highest BCUT2D eigenvalue weighted by atomic mass is 16.5. The first kappa shape index (κ1) is 9.46. The van der Waals surface area contributed by atoms with Crippen molar-refractivity contribution in [2.45, 2.75) is 25.4 Å². The van der Waals surface area contributed by atoms with E-state index in [0.29, 0.717) is 17.7 Å². The van der Waals surface area contributed by atoms with Crippen LogP contribution in [-0.4, -0.2) is 11.9 Å². The van der Waals surface area contributed by atoms with Crippen molar-refractivity contribution < 1.29 is 9.53 Å². The summed E-state index contributed by atoms with van der Waals surface area (Å²) in [5.41, 5.74) is 8.21. The van der Waals surface area contributed by atoms with E-state index in [0.717, 1.165) is 24.2 Å². The first-order valence-electron chi connectivity index (χ1n) is 5.56. The highest BCUT2D eigenvalue weighted by Gasteiger charge is 2.34. The van der Waals surface area contributed by atoms with E-state index in [-0.39, 0.29) is 11.9 Å². The molecule has 82 valence electrons. The van der Waals surface area contributed by atoms with E-state index in [2.05, 4.69) is 0 Å². The molecule has 0 bridgehead atoms. The van der Waals surface area contributed by atoms with Gasteiger partial charge in [0.1, 0.15) is 11.9 Å². The molecule has 0 radical (unpaired) electrons. The van der Waals surface area contributed by atoms with Crippen LogP contribution in [0.5, 0.6) is 5.75 Å². The number of hydrogen-bond acceptors (Lipinski definition) is 3. The molecule has 1 saturated carbocycles. The van der Waals surface area contributed by atoms with Gasteiger partial charge in [0.25, 0.3) is 0 Å². The average molecular weight is 215 g/mol. The summed E-state index contributed by atoms with van der Waals surface area (Å²) in [6.45, 7) is 0. The molecule has 3 heteroatoms. The van der Waals surface area contributed by atoms with Gasteiger partial charge in [0.2, 0.25) is 0 Å². The van der Waals surface area contributed by atoms with E-state index in [4.69, 9.17) is 10.5 Å². The van der Waals surface area contributed by atoms with Crippen molar-refractivity contribution in [1.29, 1.82) is 0 Å². The fourth-order valence-corrected chi connectivity index (χ4v) is 2.44. The van der Waals surface area contributed by atoms with Crippen molar-refractivity contribution in [2.24, 2.45) is 5.73 Å². The van der Waals surface area contributed by atoms with E-state index in [9.17, 15) is 4.79 Å². The van der Waals surface area contributed by atoms with Crippen molar-refractivity contribution in [3.05, 3.63) is 35.4 Å². The van der Waals surface area contributed by atoms with Gasteiger partial charge in [-0.05, 0) is 25.0 Å². The van der Waals surface area contributed by atoms with Crippen LogP contribution in [0.15, 0.2) is 29.8 Å². The van der Waals surface area contributed by atoms with Crippen LogP contribution in [0, 0.1) is 0 Å². The molecular weight excluding hydrogens is 202 g/mol. The summed E-state index contributed by atoms with van der Waals surface area (Å²) in [6.07, 6.45) is 2.24. The molecule has 1 aromatic rings. The lowest BCUT2D eigenvalue weighted by molar-refractivity contribution is -0.117. The number of fused-ring (bicyclic) bond motifs is 2. The van der Waals surface area contributed by atoms with Gasteiger partial charge in [-0.25, -0.2) is 0 Å². The molecule has 0 saturated heterocycles. The molecule has 2 aliphatic rings. The van der Waals surface area contributed by atoms with Gasteiger partial charge < -0.3 is 10.5 Å². The maximum atomic E-state index is 11.8. The van der Waals surface area contributed by atoms with E-state index < -0.39 is 0 Å². The number of ether oxygens (including phenoxy) is 1. The molecule has 1 aromatic carbocycles. The molecule has 3 nitrogen and oxygen atoms in total. The van der Waals surface area contributed by atoms with Crippen LogP contribution in [0.2, 0.25) is 0 Å². The fourth-order valence-electron chi connectivity index (χ4n) is 2.44. The van der Waals surface area contributed by atoms with Gasteiger partial charge in [-0.2, -0.15) is 0 Å². The Morgan fingerprint density at radius 3 is 3.00 bits per heavy atom. The summed E-state index contributed by atoms with van der Waals surface area (Å²) < 4.78 is 5.82. The minimum atomic E-state index is -0.129. The van der Waals surface area contributed by atoms with Crippen LogP contribution in [-0.2, 0) is 4.79 Å². The average Bonchev–Trinajstić information content (AvgIpc) is 2.29. The second kappa shape index (κ2) is 3.37. The number of carbonyl (C=O) groups excluding carboxylic acids is 1. The normalized spacial score (nSPS) is 23.5. The van der Waals surface area contributed by atoms with Crippen molar-refractivity contribution in [2.75, 3.05) is 0 Å². The lowest BCUT2D eigenvalue weighted by atomic mass is 9.86. The Morgan fingerprint density at radius 2 is 2.12 bits per heavy atom.